The van der Waals surface area contributed by atoms with E-state index in [0.29, 0.717) is 5.13 Å². The lowest BCUT2D eigenvalue weighted by molar-refractivity contribution is 0.0991. The van der Waals surface area contributed by atoms with Crippen LogP contribution in [0.1, 0.15) is 10.6 Å². The molecule has 0 saturated carbocycles. The number of carbonyl (C=O) groups excluding carboxylic acids is 1. The van der Waals surface area contributed by atoms with Gasteiger partial charge in [-0.05, 0) is 31.3 Å². The maximum Gasteiger partial charge on any atom is 0.293 e. The second-order valence-electron chi connectivity index (χ2n) is 4.83. The second-order valence-corrected chi connectivity index (χ2v) is 8.42. The van der Waals surface area contributed by atoms with Gasteiger partial charge in [-0.25, -0.2) is 18.1 Å². The van der Waals surface area contributed by atoms with Crippen LogP contribution in [0.25, 0.3) is 11.3 Å². The van der Waals surface area contributed by atoms with Crippen LogP contribution in [-0.4, -0.2) is 26.4 Å². The van der Waals surface area contributed by atoms with Crippen molar-refractivity contribution in [2.24, 2.45) is 0 Å². The van der Waals surface area contributed by atoms with Crippen molar-refractivity contribution in [1.82, 2.24) is 9.71 Å². The minimum Gasteiger partial charge on any atom is -0.438 e. The molecule has 0 fully saturated rings. The molecular weight excluding hydrogens is 430 g/mol. The Kier molecular flexibility index (Phi) is 5.04. The number of anilines is 1. The topological polar surface area (TPSA) is 101 Å². The number of aromatic nitrogens is 1. The van der Waals surface area contributed by atoms with Gasteiger partial charge in [-0.3, -0.25) is 10.1 Å². The number of sulfonamides is 1. The maximum atomic E-state index is 12.2. The highest BCUT2D eigenvalue weighted by atomic mass is 79.9. The Balaban J connectivity index is 1.76. The fraction of sp³-hybridized carbons (Fsp3) is 0.0667. The third-order valence-corrected chi connectivity index (χ3v) is 5.72. The molecule has 0 unspecified atom stereocenters. The number of carbonyl (C=O) groups is 1. The molecule has 25 heavy (non-hydrogen) atoms. The quantitative estimate of drug-likeness (QED) is 0.631. The monoisotopic (exact) mass is 441 g/mol. The number of thiazole rings is 1. The largest absolute Gasteiger partial charge is 0.438 e. The summed E-state index contributed by atoms with van der Waals surface area (Å²) in [5.41, 5.74) is 1.63. The molecule has 10 heteroatoms. The van der Waals surface area contributed by atoms with Crippen molar-refractivity contribution in [3.05, 3.63) is 52.0 Å². The molecule has 7 nitrogen and oxygen atoms in total. The predicted octanol–water partition coefficient (Wildman–Crippen LogP) is 3.33. The van der Waals surface area contributed by atoms with E-state index in [1.165, 1.54) is 30.5 Å². The highest BCUT2D eigenvalue weighted by molar-refractivity contribution is 9.10. The molecule has 0 aliphatic rings. The molecule has 0 aliphatic heterocycles. The molecule has 2 aromatic heterocycles. The van der Waals surface area contributed by atoms with Gasteiger partial charge in [0.05, 0.1) is 5.69 Å². The molecule has 2 N–H and O–H groups in total. The van der Waals surface area contributed by atoms with Crippen molar-refractivity contribution in [3.8, 4) is 11.3 Å². The zero-order valence-electron chi connectivity index (χ0n) is 12.8. The van der Waals surface area contributed by atoms with Gasteiger partial charge in [0, 0.05) is 15.4 Å². The van der Waals surface area contributed by atoms with Gasteiger partial charge in [0.2, 0.25) is 5.09 Å². The highest BCUT2D eigenvalue weighted by Gasteiger charge is 2.20. The van der Waals surface area contributed by atoms with Crippen LogP contribution >= 0.6 is 27.3 Å². The van der Waals surface area contributed by atoms with Gasteiger partial charge in [0.15, 0.2) is 10.9 Å². The van der Waals surface area contributed by atoms with Crippen molar-refractivity contribution in [2.45, 2.75) is 5.09 Å². The fourth-order valence-corrected chi connectivity index (χ4v) is 3.72. The van der Waals surface area contributed by atoms with Gasteiger partial charge in [0.25, 0.3) is 15.9 Å². The molecule has 3 aromatic rings. The van der Waals surface area contributed by atoms with Crippen LogP contribution in [0.3, 0.4) is 0 Å². The van der Waals surface area contributed by atoms with Gasteiger partial charge in [0.1, 0.15) is 0 Å². The first-order chi connectivity index (χ1) is 11.9. The zero-order valence-corrected chi connectivity index (χ0v) is 16.0. The average molecular weight is 442 g/mol. The summed E-state index contributed by atoms with van der Waals surface area (Å²) < 4.78 is 31.4. The molecule has 3 rings (SSSR count). The fourth-order valence-electron chi connectivity index (χ4n) is 1.96. The molecule has 1 amide bonds. The van der Waals surface area contributed by atoms with Crippen LogP contribution in [0.5, 0.6) is 0 Å². The number of rotatable bonds is 5. The van der Waals surface area contributed by atoms with E-state index in [1.54, 1.807) is 0 Å². The van der Waals surface area contributed by atoms with Crippen LogP contribution in [0, 0.1) is 0 Å². The van der Waals surface area contributed by atoms with Crippen LogP contribution in [-0.2, 0) is 10.0 Å². The van der Waals surface area contributed by atoms with Crippen molar-refractivity contribution in [2.75, 3.05) is 12.4 Å². The number of nitrogens with zero attached hydrogens (tertiary/aromatic N) is 1. The van der Waals surface area contributed by atoms with Crippen LogP contribution < -0.4 is 10.0 Å². The van der Waals surface area contributed by atoms with Crippen LogP contribution in [0.2, 0.25) is 0 Å². The normalized spacial score (nSPS) is 11.4. The van der Waals surface area contributed by atoms with E-state index < -0.39 is 15.9 Å². The number of furan rings is 1. The van der Waals surface area contributed by atoms with Crippen LogP contribution in [0.4, 0.5) is 5.13 Å². The summed E-state index contributed by atoms with van der Waals surface area (Å²) >= 11 is 4.66. The average Bonchev–Trinajstić information content (AvgIpc) is 3.24. The van der Waals surface area contributed by atoms with E-state index in [9.17, 15) is 13.2 Å². The van der Waals surface area contributed by atoms with E-state index in [-0.39, 0.29) is 10.9 Å². The first-order valence-electron chi connectivity index (χ1n) is 6.95. The number of amides is 1. The Morgan fingerprint density at radius 3 is 2.80 bits per heavy atom. The molecule has 0 aliphatic carbocycles. The van der Waals surface area contributed by atoms with E-state index in [4.69, 9.17) is 4.42 Å². The summed E-state index contributed by atoms with van der Waals surface area (Å²) in [6, 6.07) is 10.1. The Bertz CT molecular complexity index is 1030. The Hall–Kier alpha value is -2.01. The minimum absolute atomic E-state index is 0.118. The minimum atomic E-state index is -3.73. The van der Waals surface area contributed by atoms with Gasteiger partial charge >= 0.3 is 0 Å². The van der Waals surface area contributed by atoms with Gasteiger partial charge in [-0.1, -0.05) is 28.1 Å². The first kappa shape index (κ1) is 17.8. The van der Waals surface area contributed by atoms with E-state index in [1.807, 2.05) is 29.6 Å². The van der Waals surface area contributed by atoms with Gasteiger partial charge < -0.3 is 4.42 Å². The molecule has 0 spiro atoms. The molecule has 0 radical (unpaired) electrons. The molecule has 0 atom stereocenters. The lowest BCUT2D eigenvalue weighted by Gasteiger charge is -1.99. The SMILES string of the molecule is CNS(=O)(=O)c1ccc(C(=O)Nc2nc(-c3cccc(Br)c3)cs2)o1. The molecule has 0 bridgehead atoms. The van der Waals surface area contributed by atoms with Crippen molar-refractivity contribution in [1.29, 1.82) is 0 Å². The third-order valence-electron chi connectivity index (χ3n) is 3.18. The van der Waals surface area contributed by atoms with Crippen LogP contribution in [0.15, 0.2) is 55.8 Å². The lowest BCUT2D eigenvalue weighted by atomic mass is 10.2. The first-order valence-corrected chi connectivity index (χ1v) is 10.1. The molecule has 130 valence electrons. The zero-order chi connectivity index (χ0) is 18.0. The summed E-state index contributed by atoms with van der Waals surface area (Å²) in [6.45, 7) is 0. The summed E-state index contributed by atoms with van der Waals surface area (Å²) in [7, 11) is -2.47. The smallest absolute Gasteiger partial charge is 0.293 e. The van der Waals surface area contributed by atoms with E-state index in [0.717, 1.165) is 15.7 Å². The van der Waals surface area contributed by atoms with Crippen molar-refractivity contribution >= 4 is 48.3 Å². The van der Waals surface area contributed by atoms with Crippen molar-refractivity contribution in [3.63, 3.8) is 0 Å². The standard InChI is InChI=1S/C15H12BrN3O4S2/c1-17-25(21,22)13-6-5-12(23-13)14(20)19-15-18-11(8-24-15)9-3-2-4-10(16)7-9/h2-8,17H,1H3,(H,18,19,20). The second kappa shape index (κ2) is 7.08. The summed E-state index contributed by atoms with van der Waals surface area (Å²) in [6.07, 6.45) is 0. The Morgan fingerprint density at radius 1 is 1.28 bits per heavy atom. The van der Waals surface area contributed by atoms with Crippen molar-refractivity contribution < 1.29 is 17.6 Å². The Morgan fingerprint density at radius 2 is 2.08 bits per heavy atom. The predicted molar refractivity (Wildman–Crippen MR) is 98.2 cm³/mol. The molecule has 0 saturated heterocycles. The number of halogens is 1. The molecule has 1 aromatic carbocycles. The molecule has 2 heterocycles. The Labute approximate surface area is 156 Å². The van der Waals surface area contributed by atoms with Gasteiger partial charge in [-0.2, -0.15) is 0 Å². The lowest BCUT2D eigenvalue weighted by Crippen LogP contribution is -2.18. The summed E-state index contributed by atoms with van der Waals surface area (Å²) in [5, 5.41) is 4.47. The van der Waals surface area contributed by atoms with Gasteiger partial charge in [-0.15, -0.1) is 11.3 Å². The summed E-state index contributed by atoms with van der Waals surface area (Å²) in [5.74, 6) is -0.694. The third kappa shape index (κ3) is 3.98. The number of hydrogen-bond donors (Lipinski definition) is 2. The molecular formula is C15H12BrN3O4S2. The maximum absolute atomic E-state index is 12.2. The number of benzene rings is 1. The van der Waals surface area contributed by atoms with E-state index in [2.05, 4.69) is 31.0 Å². The number of hydrogen-bond acceptors (Lipinski definition) is 6. The summed E-state index contributed by atoms with van der Waals surface area (Å²) in [4.78, 5) is 16.5. The van der Waals surface area contributed by atoms with E-state index >= 15 is 0 Å². The highest BCUT2D eigenvalue weighted by Crippen LogP contribution is 2.27. The number of nitrogens with one attached hydrogen (secondary N) is 2.